The van der Waals surface area contributed by atoms with E-state index in [1.165, 1.54) is 7.11 Å². The minimum absolute atomic E-state index is 0.200. The summed E-state index contributed by atoms with van der Waals surface area (Å²) >= 11 is 1.71. The fourth-order valence-corrected chi connectivity index (χ4v) is 2.48. The summed E-state index contributed by atoms with van der Waals surface area (Å²) in [6, 6.07) is 7.45. The third kappa shape index (κ3) is 4.40. The normalized spacial score (nSPS) is 12.2. The molecule has 0 bridgehead atoms. The molecule has 4 heteroatoms. The van der Waals surface area contributed by atoms with E-state index in [0.29, 0.717) is 5.56 Å². The molecule has 94 valence electrons. The number of carbonyl (C=O) groups is 1. The Labute approximate surface area is 106 Å². The smallest absolute Gasteiger partial charge is 0.338 e. The average Bonchev–Trinajstić information content (AvgIpc) is 2.38. The maximum atomic E-state index is 11.5. The molecule has 17 heavy (non-hydrogen) atoms. The predicted molar refractivity (Wildman–Crippen MR) is 70.2 cm³/mol. The Balaban J connectivity index is 2.61. The van der Waals surface area contributed by atoms with Crippen LogP contribution in [-0.4, -0.2) is 30.5 Å². The molecule has 0 aliphatic carbocycles. The van der Waals surface area contributed by atoms with Crippen molar-refractivity contribution in [2.45, 2.75) is 12.7 Å². The number of aliphatic hydroxyl groups is 1. The molecule has 0 aliphatic rings. The maximum Gasteiger partial charge on any atom is 0.338 e. The Morgan fingerprint density at radius 1 is 1.47 bits per heavy atom. The molecule has 1 atom stereocenters. The van der Waals surface area contributed by atoms with Crippen molar-refractivity contribution in [1.29, 1.82) is 0 Å². The third-order valence-electron chi connectivity index (χ3n) is 2.39. The van der Waals surface area contributed by atoms with Gasteiger partial charge in [-0.3, -0.25) is 0 Å². The average molecular weight is 254 g/mol. The van der Waals surface area contributed by atoms with Crippen molar-refractivity contribution in [2.24, 2.45) is 5.92 Å². The van der Waals surface area contributed by atoms with Gasteiger partial charge in [-0.2, -0.15) is 11.8 Å². The molecule has 1 rings (SSSR count). The van der Waals surface area contributed by atoms with E-state index in [-0.39, 0.29) is 18.5 Å². The van der Waals surface area contributed by atoms with E-state index in [0.717, 1.165) is 17.1 Å². The number of aliphatic hydroxyl groups excluding tert-OH is 1. The zero-order chi connectivity index (χ0) is 12.7. The lowest BCUT2D eigenvalue weighted by Gasteiger charge is -2.09. The van der Waals surface area contributed by atoms with Gasteiger partial charge in [0.15, 0.2) is 0 Å². The number of rotatable bonds is 6. The number of benzene rings is 1. The number of esters is 1. The van der Waals surface area contributed by atoms with Gasteiger partial charge in [0, 0.05) is 12.4 Å². The fourth-order valence-electron chi connectivity index (χ4n) is 1.38. The Morgan fingerprint density at radius 3 is 2.82 bits per heavy atom. The number of thioether (sulfide) groups is 1. The van der Waals surface area contributed by atoms with Crippen molar-refractivity contribution in [3.8, 4) is 0 Å². The van der Waals surface area contributed by atoms with Gasteiger partial charge in [-0.1, -0.05) is 25.1 Å². The summed E-state index contributed by atoms with van der Waals surface area (Å²) in [7, 11) is 1.39. The van der Waals surface area contributed by atoms with Crippen LogP contribution in [0.4, 0.5) is 0 Å². The molecule has 0 fully saturated rings. The van der Waals surface area contributed by atoms with Gasteiger partial charge in [-0.15, -0.1) is 0 Å². The first-order valence-electron chi connectivity index (χ1n) is 5.53. The lowest BCUT2D eigenvalue weighted by molar-refractivity contribution is 0.0600. The molecule has 1 N–H and O–H groups in total. The second-order valence-electron chi connectivity index (χ2n) is 3.95. The van der Waals surface area contributed by atoms with Crippen molar-refractivity contribution in [3.05, 3.63) is 35.4 Å². The van der Waals surface area contributed by atoms with Crippen LogP contribution in [-0.2, 0) is 10.5 Å². The van der Waals surface area contributed by atoms with E-state index < -0.39 is 0 Å². The van der Waals surface area contributed by atoms with Gasteiger partial charge in [-0.05, 0) is 23.3 Å². The van der Waals surface area contributed by atoms with Crippen molar-refractivity contribution in [3.63, 3.8) is 0 Å². The number of hydrogen-bond donors (Lipinski definition) is 1. The van der Waals surface area contributed by atoms with Crippen molar-refractivity contribution < 1.29 is 14.6 Å². The van der Waals surface area contributed by atoms with Gasteiger partial charge in [-0.25, -0.2) is 4.79 Å². The molecule has 0 saturated heterocycles. The predicted octanol–water partition coefficient (Wildman–Crippen LogP) is 2.33. The summed E-state index contributed by atoms with van der Waals surface area (Å²) < 4.78 is 4.74. The number of hydrogen-bond acceptors (Lipinski definition) is 4. The summed E-state index contributed by atoms with van der Waals surface area (Å²) in [5.74, 6) is 1.63. The summed E-state index contributed by atoms with van der Waals surface area (Å²) in [4.78, 5) is 11.5. The minimum atomic E-state index is -0.295. The Kier molecular flexibility index (Phi) is 6.08. The van der Waals surface area contributed by atoms with Crippen LogP contribution in [0, 0.1) is 5.92 Å². The molecule has 0 saturated carbocycles. The van der Waals surface area contributed by atoms with Crippen LogP contribution in [0.25, 0.3) is 0 Å². The molecule has 1 aromatic rings. The summed E-state index contributed by atoms with van der Waals surface area (Å²) in [6.45, 7) is 2.20. The van der Waals surface area contributed by atoms with Crippen LogP contribution in [0.15, 0.2) is 24.3 Å². The standard InChI is InChI=1S/C13H18O3S/c1-10(7-14)8-17-9-11-5-3-4-6-12(11)13(15)16-2/h3-6,10,14H,7-9H2,1-2H3. The Morgan fingerprint density at radius 2 is 2.18 bits per heavy atom. The molecule has 0 aliphatic heterocycles. The highest BCUT2D eigenvalue weighted by molar-refractivity contribution is 7.98. The molecule has 0 amide bonds. The fraction of sp³-hybridized carbons (Fsp3) is 0.462. The quantitative estimate of drug-likeness (QED) is 0.791. The molecular formula is C13H18O3S. The molecule has 0 heterocycles. The highest BCUT2D eigenvalue weighted by Gasteiger charge is 2.11. The molecule has 3 nitrogen and oxygen atoms in total. The second kappa shape index (κ2) is 7.35. The number of methoxy groups -OCH3 is 1. The highest BCUT2D eigenvalue weighted by atomic mass is 32.2. The summed E-state index contributed by atoms with van der Waals surface area (Å²) in [6.07, 6.45) is 0. The van der Waals surface area contributed by atoms with Crippen LogP contribution in [0.3, 0.4) is 0 Å². The lowest BCUT2D eigenvalue weighted by atomic mass is 10.1. The SMILES string of the molecule is COC(=O)c1ccccc1CSCC(C)CO. The van der Waals surface area contributed by atoms with E-state index in [1.54, 1.807) is 17.8 Å². The van der Waals surface area contributed by atoms with E-state index >= 15 is 0 Å². The minimum Gasteiger partial charge on any atom is -0.465 e. The van der Waals surface area contributed by atoms with Gasteiger partial charge in [0.25, 0.3) is 0 Å². The monoisotopic (exact) mass is 254 g/mol. The first-order chi connectivity index (χ1) is 8.19. The zero-order valence-electron chi connectivity index (χ0n) is 10.2. The van der Waals surface area contributed by atoms with E-state index in [2.05, 4.69) is 0 Å². The first-order valence-corrected chi connectivity index (χ1v) is 6.69. The highest BCUT2D eigenvalue weighted by Crippen LogP contribution is 2.19. The second-order valence-corrected chi connectivity index (χ2v) is 4.98. The zero-order valence-corrected chi connectivity index (χ0v) is 11.0. The van der Waals surface area contributed by atoms with Crippen molar-refractivity contribution >= 4 is 17.7 Å². The van der Waals surface area contributed by atoms with E-state index in [1.807, 2.05) is 25.1 Å². The topological polar surface area (TPSA) is 46.5 Å². The lowest BCUT2D eigenvalue weighted by Crippen LogP contribution is -2.06. The molecule has 0 aromatic heterocycles. The molecular weight excluding hydrogens is 236 g/mol. The molecule has 0 spiro atoms. The Bertz CT molecular complexity index is 365. The largest absolute Gasteiger partial charge is 0.465 e. The molecule has 0 radical (unpaired) electrons. The van der Waals surface area contributed by atoms with Gasteiger partial charge < -0.3 is 9.84 Å². The van der Waals surface area contributed by atoms with Gasteiger partial charge in [0.2, 0.25) is 0 Å². The van der Waals surface area contributed by atoms with Crippen LogP contribution < -0.4 is 0 Å². The third-order valence-corrected chi connectivity index (χ3v) is 3.71. The van der Waals surface area contributed by atoms with Gasteiger partial charge in [0.1, 0.15) is 0 Å². The summed E-state index contributed by atoms with van der Waals surface area (Å²) in [5, 5.41) is 8.93. The summed E-state index contributed by atoms with van der Waals surface area (Å²) in [5.41, 5.74) is 1.61. The van der Waals surface area contributed by atoms with Gasteiger partial charge >= 0.3 is 5.97 Å². The van der Waals surface area contributed by atoms with Crippen LogP contribution >= 0.6 is 11.8 Å². The molecule has 1 unspecified atom stereocenters. The Hall–Kier alpha value is -1.00. The molecule has 1 aromatic carbocycles. The van der Waals surface area contributed by atoms with Crippen LogP contribution in [0.5, 0.6) is 0 Å². The number of ether oxygens (including phenoxy) is 1. The van der Waals surface area contributed by atoms with E-state index in [4.69, 9.17) is 9.84 Å². The maximum absolute atomic E-state index is 11.5. The van der Waals surface area contributed by atoms with Crippen molar-refractivity contribution in [2.75, 3.05) is 19.5 Å². The first kappa shape index (κ1) is 14.1. The van der Waals surface area contributed by atoms with Crippen molar-refractivity contribution in [1.82, 2.24) is 0 Å². The van der Waals surface area contributed by atoms with Crippen LogP contribution in [0.1, 0.15) is 22.8 Å². The number of carbonyl (C=O) groups excluding carboxylic acids is 1. The van der Waals surface area contributed by atoms with Crippen LogP contribution in [0.2, 0.25) is 0 Å². The van der Waals surface area contributed by atoms with E-state index in [9.17, 15) is 4.79 Å². The van der Waals surface area contributed by atoms with Gasteiger partial charge in [0.05, 0.1) is 12.7 Å².